The van der Waals surface area contributed by atoms with Gasteiger partial charge in [-0.15, -0.1) is 0 Å². The number of hydrogen-bond acceptors (Lipinski definition) is 2. The van der Waals surface area contributed by atoms with Crippen LogP contribution >= 0.6 is 12.6 Å². The summed E-state index contributed by atoms with van der Waals surface area (Å²) >= 11 is 3.89. The monoisotopic (exact) mass is 216 g/mol. The lowest BCUT2D eigenvalue weighted by molar-refractivity contribution is -0.136. The molecule has 1 nitrogen and oxygen atoms in total. The zero-order chi connectivity index (χ0) is 10.5. The summed E-state index contributed by atoms with van der Waals surface area (Å²) in [5.74, 6) is 0.277. The third kappa shape index (κ3) is 8.43. The van der Waals surface area contributed by atoms with Gasteiger partial charge in [0.2, 0.25) is 0 Å². The first-order chi connectivity index (χ1) is 5.77. The van der Waals surface area contributed by atoms with E-state index in [1.807, 2.05) is 0 Å². The maximum Gasteiger partial charge on any atom is 0.389 e. The maximum atomic E-state index is 11.7. The van der Waals surface area contributed by atoms with E-state index in [0.717, 1.165) is 0 Å². The average molecular weight is 216 g/mol. The van der Waals surface area contributed by atoms with Gasteiger partial charge >= 0.3 is 6.18 Å². The van der Waals surface area contributed by atoms with Crippen molar-refractivity contribution in [2.45, 2.75) is 44.4 Å². The number of alkyl halides is 3. The average Bonchev–Trinajstić information content (AvgIpc) is 1.97. The summed E-state index contributed by atoms with van der Waals surface area (Å²) in [4.78, 5) is 0. The van der Waals surface area contributed by atoms with E-state index in [9.17, 15) is 18.3 Å². The molecule has 0 heterocycles. The molecule has 0 rings (SSSR count). The molecule has 0 amide bonds. The molecule has 0 aliphatic rings. The Kier molecular flexibility index (Phi) is 5.14. The van der Waals surface area contributed by atoms with Gasteiger partial charge in [0.25, 0.3) is 0 Å². The van der Waals surface area contributed by atoms with E-state index >= 15 is 0 Å². The van der Waals surface area contributed by atoms with Crippen LogP contribution in [0.4, 0.5) is 13.2 Å². The van der Waals surface area contributed by atoms with E-state index in [0.29, 0.717) is 12.8 Å². The molecule has 0 aliphatic carbocycles. The van der Waals surface area contributed by atoms with Crippen LogP contribution in [0.2, 0.25) is 0 Å². The van der Waals surface area contributed by atoms with Crippen molar-refractivity contribution in [2.75, 3.05) is 5.75 Å². The summed E-state index contributed by atoms with van der Waals surface area (Å²) < 4.78 is 35.0. The van der Waals surface area contributed by atoms with Gasteiger partial charge in [-0.1, -0.05) is 6.42 Å². The molecule has 0 radical (unpaired) electrons. The van der Waals surface area contributed by atoms with Gasteiger partial charge in [0.15, 0.2) is 0 Å². The summed E-state index contributed by atoms with van der Waals surface area (Å²) in [7, 11) is 0. The number of rotatable bonds is 5. The second-order valence-corrected chi connectivity index (χ2v) is 3.79. The predicted octanol–water partition coefficient (Wildman–Crippen LogP) is 2.79. The predicted molar refractivity (Wildman–Crippen MR) is 49.0 cm³/mol. The Morgan fingerprint density at radius 3 is 2.00 bits per heavy atom. The first kappa shape index (κ1) is 13.1. The summed E-state index contributed by atoms with van der Waals surface area (Å²) in [6, 6.07) is 0. The molecule has 0 saturated carbocycles. The second kappa shape index (κ2) is 5.10. The molecule has 0 aromatic heterocycles. The minimum Gasteiger partial charge on any atom is -0.389 e. The molecule has 5 heteroatoms. The van der Waals surface area contributed by atoms with E-state index < -0.39 is 18.2 Å². The number of hydrogen-bond donors (Lipinski definition) is 2. The normalized spacial score (nSPS) is 17.1. The lowest BCUT2D eigenvalue weighted by Crippen LogP contribution is -2.26. The van der Waals surface area contributed by atoms with Crippen molar-refractivity contribution in [3.63, 3.8) is 0 Å². The Balaban J connectivity index is 3.47. The highest BCUT2D eigenvalue weighted by Crippen LogP contribution is 2.24. The van der Waals surface area contributed by atoms with Crippen molar-refractivity contribution in [2.24, 2.45) is 0 Å². The Morgan fingerprint density at radius 1 is 1.15 bits per heavy atom. The third-order valence-corrected chi connectivity index (χ3v) is 2.45. The molecule has 13 heavy (non-hydrogen) atoms. The fourth-order valence-electron chi connectivity index (χ4n) is 0.910. The highest BCUT2D eigenvalue weighted by Gasteiger charge is 2.26. The summed E-state index contributed by atoms with van der Waals surface area (Å²) in [5.41, 5.74) is -0.936. The van der Waals surface area contributed by atoms with E-state index in [2.05, 4.69) is 12.6 Å². The SMILES string of the molecule is CC(O)(CS)CCCCC(F)(F)F. The fraction of sp³-hybridized carbons (Fsp3) is 1.00. The van der Waals surface area contributed by atoms with E-state index in [1.165, 1.54) is 0 Å². The molecule has 1 unspecified atom stereocenters. The molecule has 1 N–H and O–H groups in total. The smallest absolute Gasteiger partial charge is 0.389 e. The molecule has 0 fully saturated rings. The van der Waals surface area contributed by atoms with Crippen LogP contribution in [0.25, 0.3) is 0 Å². The zero-order valence-corrected chi connectivity index (χ0v) is 8.46. The molecule has 0 bridgehead atoms. The number of unbranched alkanes of at least 4 members (excludes halogenated alkanes) is 1. The second-order valence-electron chi connectivity index (χ2n) is 3.48. The standard InChI is InChI=1S/C8H15F3OS/c1-7(12,6-13)4-2-3-5-8(9,10)11/h12-13H,2-6H2,1H3. The molecule has 0 saturated heterocycles. The molecule has 80 valence electrons. The topological polar surface area (TPSA) is 20.2 Å². The first-order valence-electron chi connectivity index (χ1n) is 4.17. The minimum atomic E-state index is -4.08. The van der Waals surface area contributed by atoms with Crippen molar-refractivity contribution >= 4 is 12.6 Å². The molecule has 1 atom stereocenters. The minimum absolute atomic E-state index is 0.0768. The van der Waals surface area contributed by atoms with Gasteiger partial charge in [-0.25, -0.2) is 0 Å². The summed E-state index contributed by atoms with van der Waals surface area (Å²) in [6.07, 6.45) is -4.02. The summed E-state index contributed by atoms with van der Waals surface area (Å²) in [5, 5.41) is 9.39. The van der Waals surface area contributed by atoms with Crippen LogP contribution in [0.15, 0.2) is 0 Å². The van der Waals surface area contributed by atoms with Crippen LogP contribution in [-0.2, 0) is 0 Å². The van der Waals surface area contributed by atoms with Crippen LogP contribution < -0.4 is 0 Å². The quantitative estimate of drug-likeness (QED) is 0.535. The van der Waals surface area contributed by atoms with Crippen LogP contribution in [0, 0.1) is 0 Å². The van der Waals surface area contributed by atoms with Crippen molar-refractivity contribution in [3.8, 4) is 0 Å². The first-order valence-corrected chi connectivity index (χ1v) is 4.80. The number of thiol groups is 1. The molecule has 0 aliphatic heterocycles. The fourth-order valence-corrected chi connectivity index (χ4v) is 1.07. The number of halogens is 3. The van der Waals surface area contributed by atoms with Gasteiger partial charge in [-0.2, -0.15) is 25.8 Å². The van der Waals surface area contributed by atoms with E-state index in [4.69, 9.17) is 0 Å². The van der Waals surface area contributed by atoms with Gasteiger partial charge in [-0.05, 0) is 19.8 Å². The Bertz CT molecular complexity index is 145. The lowest BCUT2D eigenvalue weighted by Gasteiger charge is -2.20. The van der Waals surface area contributed by atoms with Crippen LogP contribution in [0.5, 0.6) is 0 Å². The molecule has 0 aromatic rings. The van der Waals surface area contributed by atoms with Crippen molar-refractivity contribution in [1.29, 1.82) is 0 Å². The Hall–Kier alpha value is 0.100. The van der Waals surface area contributed by atoms with E-state index in [-0.39, 0.29) is 12.2 Å². The van der Waals surface area contributed by atoms with Crippen molar-refractivity contribution in [3.05, 3.63) is 0 Å². The Labute approximate surface area is 81.7 Å². The zero-order valence-electron chi connectivity index (χ0n) is 7.56. The van der Waals surface area contributed by atoms with Crippen molar-refractivity contribution in [1.82, 2.24) is 0 Å². The molecular weight excluding hydrogens is 201 g/mol. The van der Waals surface area contributed by atoms with Gasteiger partial charge in [0, 0.05) is 12.2 Å². The number of aliphatic hydroxyl groups is 1. The molecule has 0 aromatic carbocycles. The van der Waals surface area contributed by atoms with Crippen LogP contribution in [0.3, 0.4) is 0 Å². The van der Waals surface area contributed by atoms with Gasteiger partial charge in [0.05, 0.1) is 5.60 Å². The van der Waals surface area contributed by atoms with Crippen LogP contribution in [-0.4, -0.2) is 22.6 Å². The highest BCUT2D eigenvalue weighted by atomic mass is 32.1. The van der Waals surface area contributed by atoms with E-state index in [1.54, 1.807) is 6.92 Å². The lowest BCUT2D eigenvalue weighted by atomic mass is 10.0. The van der Waals surface area contributed by atoms with Crippen LogP contribution in [0.1, 0.15) is 32.6 Å². The maximum absolute atomic E-state index is 11.7. The third-order valence-electron chi connectivity index (χ3n) is 1.77. The van der Waals surface area contributed by atoms with Gasteiger partial charge < -0.3 is 5.11 Å². The van der Waals surface area contributed by atoms with Gasteiger partial charge in [-0.3, -0.25) is 0 Å². The Morgan fingerprint density at radius 2 is 1.62 bits per heavy atom. The van der Waals surface area contributed by atoms with Gasteiger partial charge in [0.1, 0.15) is 0 Å². The van der Waals surface area contributed by atoms with Crippen molar-refractivity contribution < 1.29 is 18.3 Å². The highest BCUT2D eigenvalue weighted by molar-refractivity contribution is 7.80. The largest absolute Gasteiger partial charge is 0.389 e. The summed E-state index contributed by atoms with van der Waals surface area (Å²) in [6.45, 7) is 1.58. The molecule has 0 spiro atoms. The molecular formula is C8H15F3OS.